The van der Waals surface area contributed by atoms with E-state index in [0.29, 0.717) is 5.33 Å². The number of aliphatic hydroxyl groups is 1. The van der Waals surface area contributed by atoms with Gasteiger partial charge in [-0.15, -0.1) is 0 Å². The first-order chi connectivity index (χ1) is 9.10. The first-order valence-electron chi connectivity index (χ1n) is 6.66. The van der Waals surface area contributed by atoms with E-state index in [1.807, 2.05) is 0 Å². The minimum atomic E-state index is -0.591. The van der Waals surface area contributed by atoms with Crippen LogP contribution in [-0.4, -0.2) is 39.4 Å². The molecule has 1 N–H and O–H groups in total. The van der Waals surface area contributed by atoms with Crippen molar-refractivity contribution in [1.29, 1.82) is 0 Å². The molecule has 1 saturated heterocycles. The fourth-order valence-corrected chi connectivity index (χ4v) is 2.45. The van der Waals surface area contributed by atoms with Gasteiger partial charge in [-0.1, -0.05) is 22.9 Å². The molecule has 1 aromatic heterocycles. The van der Waals surface area contributed by atoms with Crippen LogP contribution in [0.5, 0.6) is 0 Å². The van der Waals surface area contributed by atoms with Crippen LogP contribution in [0.15, 0.2) is 17.1 Å². The summed E-state index contributed by atoms with van der Waals surface area (Å²) in [5, 5.41) is 14.1. The third-order valence-electron chi connectivity index (χ3n) is 3.57. The Morgan fingerprint density at radius 2 is 2.21 bits per heavy atom. The average molecular weight is 330 g/mol. The lowest BCUT2D eigenvalue weighted by molar-refractivity contribution is 0.172. The van der Waals surface area contributed by atoms with Crippen LogP contribution < -0.4 is 10.5 Å². The normalized spacial score (nSPS) is 18.6. The lowest BCUT2D eigenvalue weighted by atomic mass is 9.99. The van der Waals surface area contributed by atoms with Crippen molar-refractivity contribution in [2.45, 2.75) is 32.4 Å². The van der Waals surface area contributed by atoms with Gasteiger partial charge in [-0.2, -0.15) is 5.10 Å². The molecule has 1 aliphatic heterocycles. The van der Waals surface area contributed by atoms with Crippen molar-refractivity contribution >= 4 is 21.6 Å². The number of hydrogen-bond acceptors (Lipinski definition) is 4. The smallest absolute Gasteiger partial charge is 0.268 e. The summed E-state index contributed by atoms with van der Waals surface area (Å²) in [6, 6.07) is 1.62. The molecule has 6 heteroatoms. The van der Waals surface area contributed by atoms with Crippen LogP contribution in [0.2, 0.25) is 0 Å². The van der Waals surface area contributed by atoms with Crippen LogP contribution in [0.1, 0.15) is 19.8 Å². The number of aliphatic hydroxyl groups excluding tert-OH is 1. The molecule has 0 spiro atoms. The highest BCUT2D eigenvalue weighted by Crippen LogP contribution is 2.20. The first kappa shape index (κ1) is 14.5. The second kappa shape index (κ2) is 6.52. The monoisotopic (exact) mass is 329 g/mol. The van der Waals surface area contributed by atoms with E-state index in [9.17, 15) is 9.90 Å². The maximum Gasteiger partial charge on any atom is 0.268 e. The molecule has 0 aliphatic carbocycles. The van der Waals surface area contributed by atoms with Crippen molar-refractivity contribution in [3.8, 4) is 0 Å². The Hall–Kier alpha value is -0.880. The van der Waals surface area contributed by atoms with Gasteiger partial charge in [-0.3, -0.25) is 4.79 Å². The fraction of sp³-hybridized carbons (Fsp3) is 0.692. The Balaban J connectivity index is 2.08. The van der Waals surface area contributed by atoms with E-state index in [4.69, 9.17) is 0 Å². The summed E-state index contributed by atoms with van der Waals surface area (Å²) in [5.41, 5.74) is 0.734. The van der Waals surface area contributed by atoms with E-state index in [1.165, 1.54) is 4.68 Å². The quantitative estimate of drug-likeness (QED) is 0.844. The molecule has 0 bridgehead atoms. The third kappa shape index (κ3) is 3.79. The molecule has 5 nitrogen and oxygen atoms in total. The molecule has 2 rings (SSSR count). The Kier molecular flexibility index (Phi) is 4.99. The van der Waals surface area contributed by atoms with Crippen LogP contribution in [-0.2, 0) is 6.54 Å². The van der Waals surface area contributed by atoms with Crippen molar-refractivity contribution in [3.05, 3.63) is 22.6 Å². The maximum atomic E-state index is 11.9. The summed E-state index contributed by atoms with van der Waals surface area (Å²) in [6.07, 6.45) is 3.45. The van der Waals surface area contributed by atoms with Crippen LogP contribution in [0.25, 0.3) is 0 Å². The van der Waals surface area contributed by atoms with Gasteiger partial charge in [0.1, 0.15) is 0 Å². The molecule has 0 aromatic carbocycles. The number of alkyl halides is 1. The summed E-state index contributed by atoms with van der Waals surface area (Å²) in [4.78, 5) is 14.2. The third-order valence-corrected chi connectivity index (χ3v) is 4.31. The van der Waals surface area contributed by atoms with Gasteiger partial charge in [-0.25, -0.2) is 4.68 Å². The van der Waals surface area contributed by atoms with Crippen molar-refractivity contribution in [1.82, 2.24) is 9.78 Å². The molecular weight excluding hydrogens is 310 g/mol. The second-order valence-corrected chi connectivity index (χ2v) is 5.86. The molecule has 2 heterocycles. The fourth-order valence-electron chi connectivity index (χ4n) is 2.25. The standard InChI is InChI=1S/C13H20BrN3O2/c1-10-2-4-16(5-3-10)11-6-13(19)17(15-8-11)9-12(18)7-14/h6,8,10,12,18H,2-5,7,9H2,1H3. The van der Waals surface area contributed by atoms with Crippen molar-refractivity contribution in [3.63, 3.8) is 0 Å². The van der Waals surface area contributed by atoms with E-state index in [2.05, 4.69) is 32.9 Å². The topological polar surface area (TPSA) is 58.4 Å². The molecule has 1 aliphatic rings. The molecule has 106 valence electrons. The van der Waals surface area contributed by atoms with E-state index in [-0.39, 0.29) is 12.1 Å². The van der Waals surface area contributed by atoms with Crippen LogP contribution in [0, 0.1) is 5.92 Å². The van der Waals surface area contributed by atoms with E-state index in [0.717, 1.165) is 37.5 Å². The van der Waals surface area contributed by atoms with Crippen LogP contribution in [0.3, 0.4) is 0 Å². The minimum absolute atomic E-state index is 0.156. The first-order valence-corrected chi connectivity index (χ1v) is 7.78. The summed E-state index contributed by atoms with van der Waals surface area (Å²) in [6.45, 7) is 4.45. The molecule has 0 amide bonds. The number of rotatable bonds is 4. The van der Waals surface area contributed by atoms with Gasteiger partial charge in [0.05, 0.1) is 24.5 Å². The van der Waals surface area contributed by atoms with Gasteiger partial charge in [0.15, 0.2) is 0 Å². The number of anilines is 1. The Bertz CT molecular complexity index is 469. The summed E-state index contributed by atoms with van der Waals surface area (Å²) < 4.78 is 1.31. The van der Waals surface area contributed by atoms with E-state index < -0.39 is 6.10 Å². The highest BCUT2D eigenvalue weighted by molar-refractivity contribution is 9.09. The summed E-state index contributed by atoms with van der Waals surface area (Å²) in [5.74, 6) is 0.763. The molecule has 19 heavy (non-hydrogen) atoms. The SMILES string of the molecule is CC1CCN(c2cnn(CC(O)CBr)c(=O)c2)CC1. The maximum absolute atomic E-state index is 11.9. The molecule has 1 atom stereocenters. The highest BCUT2D eigenvalue weighted by atomic mass is 79.9. The van der Waals surface area contributed by atoms with Gasteiger partial charge < -0.3 is 10.0 Å². The Morgan fingerprint density at radius 3 is 2.79 bits per heavy atom. The highest BCUT2D eigenvalue weighted by Gasteiger charge is 2.17. The Labute approximate surface area is 121 Å². The predicted molar refractivity (Wildman–Crippen MR) is 78.9 cm³/mol. The van der Waals surface area contributed by atoms with Crippen LogP contribution >= 0.6 is 15.9 Å². The molecule has 1 unspecified atom stereocenters. The van der Waals surface area contributed by atoms with Gasteiger partial charge in [0.25, 0.3) is 5.56 Å². The van der Waals surface area contributed by atoms with Crippen molar-refractivity contribution in [2.75, 3.05) is 23.3 Å². The van der Waals surface area contributed by atoms with Gasteiger partial charge in [0.2, 0.25) is 0 Å². The molecule has 1 aromatic rings. The molecular formula is C13H20BrN3O2. The number of halogens is 1. The molecule has 1 fully saturated rings. The Morgan fingerprint density at radius 1 is 1.53 bits per heavy atom. The zero-order chi connectivity index (χ0) is 13.8. The van der Waals surface area contributed by atoms with Crippen LogP contribution in [0.4, 0.5) is 5.69 Å². The lowest BCUT2D eigenvalue weighted by Crippen LogP contribution is -2.35. The van der Waals surface area contributed by atoms with Crippen molar-refractivity contribution < 1.29 is 5.11 Å². The number of hydrogen-bond donors (Lipinski definition) is 1. The minimum Gasteiger partial charge on any atom is -0.390 e. The van der Waals surface area contributed by atoms with Crippen molar-refractivity contribution in [2.24, 2.45) is 5.92 Å². The van der Waals surface area contributed by atoms with Gasteiger partial charge in [-0.05, 0) is 18.8 Å². The average Bonchev–Trinajstić information content (AvgIpc) is 2.41. The molecule has 0 saturated carbocycles. The molecule has 0 radical (unpaired) electrons. The zero-order valence-corrected chi connectivity index (χ0v) is 12.7. The van der Waals surface area contributed by atoms with E-state index >= 15 is 0 Å². The second-order valence-electron chi connectivity index (χ2n) is 5.21. The summed E-state index contributed by atoms with van der Waals surface area (Å²) in [7, 11) is 0. The lowest BCUT2D eigenvalue weighted by Gasteiger charge is -2.31. The predicted octanol–water partition coefficient (Wildman–Crippen LogP) is 1.24. The number of nitrogens with zero attached hydrogens (tertiary/aromatic N) is 3. The largest absolute Gasteiger partial charge is 0.390 e. The number of aromatic nitrogens is 2. The zero-order valence-electron chi connectivity index (χ0n) is 11.1. The van der Waals surface area contributed by atoms with Gasteiger partial charge >= 0.3 is 0 Å². The number of piperidine rings is 1. The van der Waals surface area contributed by atoms with Gasteiger partial charge in [0, 0.05) is 24.5 Å². The summed E-state index contributed by atoms with van der Waals surface area (Å²) >= 11 is 3.18. The van der Waals surface area contributed by atoms with E-state index in [1.54, 1.807) is 12.3 Å².